The zero-order valence-corrected chi connectivity index (χ0v) is 15.4. The van der Waals surface area contributed by atoms with Crippen LogP contribution in [0.2, 0.25) is 0 Å². The van der Waals surface area contributed by atoms with Gasteiger partial charge in [0.2, 0.25) is 0 Å². The summed E-state index contributed by atoms with van der Waals surface area (Å²) >= 11 is 0. The Labute approximate surface area is 158 Å². The Kier molecular flexibility index (Phi) is 5.13. The molecule has 6 nitrogen and oxygen atoms in total. The fraction of sp³-hybridized carbons (Fsp3) is 0.286. The molecular weight excluding hydrogens is 344 g/mol. The average molecular weight is 364 g/mol. The molecule has 0 aromatic heterocycles. The third kappa shape index (κ3) is 3.63. The van der Waals surface area contributed by atoms with Crippen LogP contribution in [0, 0.1) is 6.57 Å². The smallest absolute Gasteiger partial charge is 0.362 e. The van der Waals surface area contributed by atoms with E-state index in [-0.39, 0.29) is 12.6 Å². The minimum atomic E-state index is -1.34. The highest BCUT2D eigenvalue weighted by Gasteiger charge is 2.44. The number of hydrogen-bond donors (Lipinski definition) is 0. The van der Waals surface area contributed by atoms with Crippen LogP contribution < -0.4 is 14.4 Å². The molecule has 0 N–H and O–H groups in total. The van der Waals surface area contributed by atoms with Gasteiger partial charge in [-0.1, -0.05) is 12.1 Å². The van der Waals surface area contributed by atoms with Gasteiger partial charge in [-0.15, -0.1) is 0 Å². The second-order valence-electron chi connectivity index (χ2n) is 6.51. The van der Waals surface area contributed by atoms with Crippen LogP contribution in [0.15, 0.2) is 42.5 Å². The maximum atomic E-state index is 12.8. The van der Waals surface area contributed by atoms with Crippen molar-refractivity contribution in [2.24, 2.45) is 0 Å². The van der Waals surface area contributed by atoms with Crippen molar-refractivity contribution in [1.82, 2.24) is 0 Å². The molecule has 1 unspecified atom stereocenters. The third-order valence-electron chi connectivity index (χ3n) is 4.27. The molecule has 0 spiro atoms. The molecule has 1 aliphatic rings. The minimum absolute atomic E-state index is 0.0379. The Hall–Kier alpha value is -3.33. The summed E-state index contributed by atoms with van der Waals surface area (Å²) in [4.78, 5) is 30.1. The van der Waals surface area contributed by atoms with Crippen LogP contribution in [0.3, 0.4) is 0 Å². The highest BCUT2D eigenvalue weighted by molar-refractivity contribution is 6.25. The number of rotatable bonds is 5. The van der Waals surface area contributed by atoms with Gasteiger partial charge in [0.1, 0.15) is 11.5 Å². The Morgan fingerprint density at radius 2 is 1.78 bits per heavy atom. The first-order chi connectivity index (χ1) is 12.9. The van der Waals surface area contributed by atoms with Crippen molar-refractivity contribution in [3.8, 4) is 11.5 Å². The summed E-state index contributed by atoms with van der Waals surface area (Å²) in [6.07, 6.45) is -0.0379. The summed E-state index contributed by atoms with van der Waals surface area (Å²) < 4.78 is 10.9. The zero-order valence-electron chi connectivity index (χ0n) is 15.4. The fourth-order valence-electron chi connectivity index (χ4n) is 3.00. The number of methoxy groups -OCH3 is 1. The Balaban J connectivity index is 2.02. The van der Waals surface area contributed by atoms with E-state index in [0.29, 0.717) is 22.7 Å². The molecule has 0 radical (unpaired) electrons. The quantitative estimate of drug-likeness (QED) is 0.602. The van der Waals surface area contributed by atoms with Gasteiger partial charge >= 0.3 is 11.9 Å². The number of hydrogen-bond acceptors (Lipinski definition) is 4. The van der Waals surface area contributed by atoms with Crippen molar-refractivity contribution in [1.29, 1.82) is 0 Å². The monoisotopic (exact) mass is 364 g/mol. The van der Waals surface area contributed by atoms with Crippen molar-refractivity contribution >= 4 is 17.4 Å². The Morgan fingerprint density at radius 1 is 1.11 bits per heavy atom. The molecule has 27 heavy (non-hydrogen) atoms. The molecule has 0 saturated heterocycles. The molecule has 6 heteroatoms. The number of ether oxygens (including phenoxy) is 2. The van der Waals surface area contributed by atoms with Gasteiger partial charge in [-0.3, -0.25) is 19.3 Å². The molecule has 1 amide bonds. The molecule has 0 aliphatic carbocycles. The first-order valence-corrected chi connectivity index (χ1v) is 8.60. The van der Waals surface area contributed by atoms with Gasteiger partial charge in [0.05, 0.1) is 31.0 Å². The number of carbonyl (C=O) groups excluding carboxylic acids is 2. The summed E-state index contributed by atoms with van der Waals surface area (Å²) in [5, 5.41) is 0. The SMILES string of the molecule is [C-]#[N+]C1C(=O)c2ccc(OC(C)C)cc2N(Cc2ccc(OC)cc2)C1=O. The predicted molar refractivity (Wildman–Crippen MR) is 101 cm³/mol. The number of fused-ring (bicyclic) bond motifs is 1. The summed E-state index contributed by atoms with van der Waals surface area (Å²) in [5.74, 6) is 0.309. The molecule has 1 heterocycles. The lowest BCUT2D eigenvalue weighted by molar-refractivity contribution is -0.118. The van der Waals surface area contributed by atoms with Crippen molar-refractivity contribution in [3.05, 3.63) is 65.0 Å². The molecule has 1 atom stereocenters. The number of anilines is 1. The van der Waals surface area contributed by atoms with Gasteiger partial charge in [0, 0.05) is 6.07 Å². The van der Waals surface area contributed by atoms with Crippen LogP contribution in [0.25, 0.3) is 4.85 Å². The van der Waals surface area contributed by atoms with E-state index in [1.807, 2.05) is 26.0 Å². The fourth-order valence-corrected chi connectivity index (χ4v) is 3.00. The van der Waals surface area contributed by atoms with E-state index in [2.05, 4.69) is 4.85 Å². The molecule has 0 bridgehead atoms. The molecule has 3 rings (SSSR count). The van der Waals surface area contributed by atoms with Crippen molar-refractivity contribution in [2.45, 2.75) is 32.5 Å². The Bertz CT molecular complexity index is 913. The summed E-state index contributed by atoms with van der Waals surface area (Å²) in [6.45, 7) is 11.3. The van der Waals surface area contributed by atoms with E-state index in [0.717, 1.165) is 5.56 Å². The second-order valence-corrected chi connectivity index (χ2v) is 6.51. The van der Waals surface area contributed by atoms with Crippen LogP contribution in [-0.4, -0.2) is 30.9 Å². The molecule has 2 aromatic rings. The molecule has 138 valence electrons. The number of carbonyl (C=O) groups is 2. The zero-order chi connectivity index (χ0) is 19.6. The van der Waals surface area contributed by atoms with Gasteiger partial charge in [0.15, 0.2) is 0 Å². The van der Waals surface area contributed by atoms with Crippen LogP contribution in [-0.2, 0) is 11.3 Å². The van der Waals surface area contributed by atoms with Crippen LogP contribution in [0.1, 0.15) is 29.8 Å². The summed E-state index contributed by atoms with van der Waals surface area (Å²) in [6, 6.07) is 11.0. The number of ketones is 1. The lowest BCUT2D eigenvalue weighted by Crippen LogP contribution is -2.46. The number of nitrogens with zero attached hydrogens (tertiary/aromatic N) is 2. The van der Waals surface area contributed by atoms with Gasteiger partial charge in [0.25, 0.3) is 5.78 Å². The first kappa shape index (κ1) is 18.5. The van der Waals surface area contributed by atoms with Gasteiger partial charge in [-0.05, 0) is 43.7 Å². The molecule has 1 aliphatic heterocycles. The number of Topliss-reactive ketones (excluding diaryl/α,β-unsaturated/α-hetero) is 1. The van der Waals surface area contributed by atoms with E-state index in [1.54, 1.807) is 37.4 Å². The molecule has 0 fully saturated rings. The molecule has 2 aromatic carbocycles. The van der Waals surface area contributed by atoms with Crippen LogP contribution >= 0.6 is 0 Å². The largest absolute Gasteiger partial charge is 0.497 e. The second kappa shape index (κ2) is 7.50. The average Bonchev–Trinajstić information content (AvgIpc) is 2.65. The highest BCUT2D eigenvalue weighted by Crippen LogP contribution is 2.34. The van der Waals surface area contributed by atoms with E-state index in [9.17, 15) is 9.59 Å². The predicted octanol–water partition coefficient (Wildman–Crippen LogP) is 3.50. The minimum Gasteiger partial charge on any atom is -0.497 e. The summed E-state index contributed by atoms with van der Waals surface area (Å²) in [5.41, 5.74) is 1.70. The Morgan fingerprint density at radius 3 is 2.37 bits per heavy atom. The maximum absolute atomic E-state index is 12.8. The van der Waals surface area contributed by atoms with E-state index < -0.39 is 17.7 Å². The van der Waals surface area contributed by atoms with Crippen molar-refractivity contribution < 1.29 is 19.1 Å². The highest BCUT2D eigenvalue weighted by atomic mass is 16.5. The lowest BCUT2D eigenvalue weighted by Gasteiger charge is -2.29. The van der Waals surface area contributed by atoms with Crippen molar-refractivity contribution in [3.63, 3.8) is 0 Å². The molecule has 0 saturated carbocycles. The van der Waals surface area contributed by atoms with Gasteiger partial charge < -0.3 is 9.47 Å². The summed E-state index contributed by atoms with van der Waals surface area (Å²) in [7, 11) is 1.58. The standard InChI is InChI=1S/C21H20N2O4/c1-13(2)27-16-9-10-17-18(11-16)23(21(25)19(22-3)20(17)24)12-14-5-7-15(26-4)8-6-14/h5-11,13,19H,12H2,1-2,4H3. The maximum Gasteiger partial charge on any atom is 0.362 e. The van der Waals surface area contributed by atoms with Crippen LogP contribution in [0.4, 0.5) is 5.69 Å². The number of amides is 1. The third-order valence-corrected chi connectivity index (χ3v) is 4.27. The van der Waals surface area contributed by atoms with Gasteiger partial charge in [-0.25, -0.2) is 6.57 Å². The van der Waals surface area contributed by atoms with Crippen molar-refractivity contribution in [2.75, 3.05) is 12.0 Å². The topological polar surface area (TPSA) is 60.2 Å². The van der Waals surface area contributed by atoms with E-state index in [4.69, 9.17) is 16.0 Å². The van der Waals surface area contributed by atoms with Gasteiger partial charge in [-0.2, -0.15) is 0 Å². The van der Waals surface area contributed by atoms with E-state index in [1.165, 1.54) is 4.90 Å². The molecular formula is C21H20N2O4. The van der Waals surface area contributed by atoms with E-state index >= 15 is 0 Å². The lowest BCUT2D eigenvalue weighted by atomic mass is 9.95. The number of benzene rings is 2. The first-order valence-electron chi connectivity index (χ1n) is 8.60. The normalized spacial score (nSPS) is 16.1. The van der Waals surface area contributed by atoms with Crippen LogP contribution in [0.5, 0.6) is 11.5 Å².